The molecule has 0 radical (unpaired) electrons. The molecule has 0 aliphatic carbocycles. The van der Waals surface area contributed by atoms with Crippen molar-refractivity contribution in [3.05, 3.63) is 34.3 Å². The van der Waals surface area contributed by atoms with Gasteiger partial charge in [0.2, 0.25) is 0 Å². The number of aryl methyl sites for hydroxylation is 1. The van der Waals surface area contributed by atoms with Crippen LogP contribution in [0.15, 0.2) is 18.2 Å². The Morgan fingerprint density at radius 1 is 1.53 bits per heavy atom. The Labute approximate surface area is 112 Å². The molecule has 1 fully saturated rings. The highest BCUT2D eigenvalue weighted by atomic mass is 35.5. The van der Waals surface area contributed by atoms with Crippen LogP contribution in [0.4, 0.5) is 0 Å². The third-order valence-corrected chi connectivity index (χ3v) is 4.63. The molecule has 1 unspecified atom stereocenters. The summed E-state index contributed by atoms with van der Waals surface area (Å²) in [5.41, 5.74) is 1.92. The molecule has 2 nitrogen and oxygen atoms in total. The van der Waals surface area contributed by atoms with Gasteiger partial charge in [-0.25, -0.2) is 0 Å². The Kier molecular flexibility index (Phi) is 4.36. The van der Waals surface area contributed by atoms with Gasteiger partial charge < -0.3 is 10.4 Å². The molecule has 1 aromatic carbocycles. The van der Waals surface area contributed by atoms with Crippen LogP contribution in [0.1, 0.15) is 17.5 Å². The number of thioether (sulfide) groups is 1. The summed E-state index contributed by atoms with van der Waals surface area (Å²) in [6.45, 7) is 3.51. The van der Waals surface area contributed by atoms with E-state index in [-0.39, 0.29) is 0 Å². The van der Waals surface area contributed by atoms with Crippen molar-refractivity contribution in [2.75, 3.05) is 18.1 Å². The second kappa shape index (κ2) is 5.61. The fourth-order valence-corrected chi connectivity index (χ4v) is 3.55. The van der Waals surface area contributed by atoms with E-state index >= 15 is 0 Å². The van der Waals surface area contributed by atoms with E-state index in [0.29, 0.717) is 6.54 Å². The quantitative estimate of drug-likeness (QED) is 0.883. The Hall–Kier alpha value is -0.220. The Balaban J connectivity index is 1.85. The predicted octanol–water partition coefficient (Wildman–Crippen LogP) is 2.61. The molecule has 1 atom stereocenters. The predicted molar refractivity (Wildman–Crippen MR) is 74.8 cm³/mol. The van der Waals surface area contributed by atoms with E-state index in [0.717, 1.165) is 29.5 Å². The maximum atomic E-state index is 10.2. The Bertz CT molecular complexity index is 391. The molecule has 4 heteroatoms. The van der Waals surface area contributed by atoms with Crippen molar-refractivity contribution in [2.45, 2.75) is 25.5 Å². The molecule has 0 spiro atoms. The first-order valence-electron chi connectivity index (χ1n) is 5.85. The van der Waals surface area contributed by atoms with Crippen molar-refractivity contribution in [1.82, 2.24) is 5.32 Å². The highest BCUT2D eigenvalue weighted by Crippen LogP contribution is 2.27. The van der Waals surface area contributed by atoms with Gasteiger partial charge >= 0.3 is 0 Å². The van der Waals surface area contributed by atoms with Crippen LogP contribution < -0.4 is 5.32 Å². The van der Waals surface area contributed by atoms with Gasteiger partial charge in [-0.15, -0.1) is 0 Å². The number of benzene rings is 1. The van der Waals surface area contributed by atoms with Crippen LogP contribution in [0, 0.1) is 6.92 Å². The van der Waals surface area contributed by atoms with Gasteiger partial charge in [0.15, 0.2) is 0 Å². The smallest absolute Gasteiger partial charge is 0.0869 e. The molecule has 1 aliphatic heterocycles. The zero-order chi connectivity index (χ0) is 12.3. The summed E-state index contributed by atoms with van der Waals surface area (Å²) >= 11 is 7.74. The molecule has 17 heavy (non-hydrogen) atoms. The van der Waals surface area contributed by atoms with E-state index in [4.69, 9.17) is 11.6 Å². The average molecular weight is 272 g/mol. The number of aliphatic hydroxyl groups is 1. The molecule has 0 aromatic heterocycles. The van der Waals surface area contributed by atoms with Gasteiger partial charge in [-0.3, -0.25) is 0 Å². The zero-order valence-corrected chi connectivity index (χ0v) is 11.6. The second-order valence-electron chi connectivity index (χ2n) is 4.70. The number of nitrogens with one attached hydrogen (secondary N) is 1. The van der Waals surface area contributed by atoms with Crippen molar-refractivity contribution in [3.63, 3.8) is 0 Å². The lowest BCUT2D eigenvalue weighted by molar-refractivity contribution is 0.0674. The molecule has 94 valence electrons. The summed E-state index contributed by atoms with van der Waals surface area (Å²) in [6.07, 6.45) is 0.893. The molecule has 2 rings (SSSR count). The van der Waals surface area contributed by atoms with Crippen LogP contribution in [0.25, 0.3) is 0 Å². The zero-order valence-electron chi connectivity index (χ0n) is 10.0. The Morgan fingerprint density at radius 3 is 3.00 bits per heavy atom. The molecule has 2 N–H and O–H groups in total. The van der Waals surface area contributed by atoms with E-state index in [1.54, 1.807) is 0 Å². The normalized spacial score (nSPS) is 24.2. The number of hydrogen-bond donors (Lipinski definition) is 2. The van der Waals surface area contributed by atoms with Crippen molar-refractivity contribution in [3.8, 4) is 0 Å². The molecule has 0 saturated carbocycles. The van der Waals surface area contributed by atoms with Crippen molar-refractivity contribution < 1.29 is 5.11 Å². The topological polar surface area (TPSA) is 32.3 Å². The van der Waals surface area contributed by atoms with Crippen molar-refractivity contribution in [2.24, 2.45) is 0 Å². The summed E-state index contributed by atoms with van der Waals surface area (Å²) in [5.74, 6) is 1.91. The van der Waals surface area contributed by atoms with Crippen molar-refractivity contribution >= 4 is 23.4 Å². The highest BCUT2D eigenvalue weighted by molar-refractivity contribution is 7.99. The van der Waals surface area contributed by atoms with Gasteiger partial charge in [-0.2, -0.15) is 11.8 Å². The van der Waals surface area contributed by atoms with E-state index in [1.165, 1.54) is 11.1 Å². The first-order valence-corrected chi connectivity index (χ1v) is 7.38. The SMILES string of the molecule is Cc1cc(Cl)ccc1CNCC1(O)CCSC1. The standard InChI is InChI=1S/C13H18ClNOS/c1-10-6-12(14)3-2-11(10)7-15-8-13(16)4-5-17-9-13/h2-3,6,15-16H,4-5,7-9H2,1H3. The first kappa shape index (κ1) is 13.2. The minimum absolute atomic E-state index is 0.509. The van der Waals surface area contributed by atoms with Gasteiger partial charge in [0.05, 0.1) is 5.60 Å². The molecular formula is C13H18ClNOS. The average Bonchev–Trinajstić information content (AvgIpc) is 2.69. The van der Waals surface area contributed by atoms with Gasteiger partial charge in [0, 0.05) is 23.9 Å². The van der Waals surface area contributed by atoms with Crippen LogP contribution in [0.3, 0.4) is 0 Å². The molecule has 1 aromatic rings. The Morgan fingerprint density at radius 2 is 2.35 bits per heavy atom. The highest BCUT2D eigenvalue weighted by Gasteiger charge is 2.30. The van der Waals surface area contributed by atoms with Gasteiger partial charge in [0.1, 0.15) is 0 Å². The number of hydrogen-bond acceptors (Lipinski definition) is 3. The lowest BCUT2D eigenvalue weighted by atomic mass is 10.0. The van der Waals surface area contributed by atoms with Gasteiger partial charge in [0.25, 0.3) is 0 Å². The van der Waals surface area contributed by atoms with Crippen LogP contribution in [-0.2, 0) is 6.54 Å². The van der Waals surface area contributed by atoms with E-state index in [1.807, 2.05) is 30.0 Å². The molecule has 0 amide bonds. The summed E-state index contributed by atoms with van der Waals surface area (Å²) in [7, 11) is 0. The van der Waals surface area contributed by atoms with Crippen LogP contribution in [0.2, 0.25) is 5.02 Å². The fraction of sp³-hybridized carbons (Fsp3) is 0.538. The fourth-order valence-electron chi connectivity index (χ4n) is 2.02. The lowest BCUT2D eigenvalue weighted by Crippen LogP contribution is -2.40. The lowest BCUT2D eigenvalue weighted by Gasteiger charge is -2.22. The minimum Gasteiger partial charge on any atom is -0.388 e. The van der Waals surface area contributed by atoms with Crippen LogP contribution >= 0.6 is 23.4 Å². The number of rotatable bonds is 4. The summed E-state index contributed by atoms with van der Waals surface area (Å²) in [6, 6.07) is 5.92. The first-order chi connectivity index (χ1) is 8.09. The van der Waals surface area contributed by atoms with E-state index in [2.05, 4.69) is 12.2 Å². The molecule has 1 aliphatic rings. The third kappa shape index (κ3) is 3.62. The van der Waals surface area contributed by atoms with E-state index in [9.17, 15) is 5.11 Å². The second-order valence-corrected chi connectivity index (χ2v) is 6.24. The molecule has 1 heterocycles. The molecular weight excluding hydrogens is 254 g/mol. The maximum Gasteiger partial charge on any atom is 0.0869 e. The summed E-state index contributed by atoms with van der Waals surface area (Å²) in [4.78, 5) is 0. The van der Waals surface area contributed by atoms with Gasteiger partial charge in [-0.05, 0) is 42.4 Å². The number of halogens is 1. The monoisotopic (exact) mass is 271 g/mol. The van der Waals surface area contributed by atoms with E-state index < -0.39 is 5.60 Å². The van der Waals surface area contributed by atoms with Crippen LogP contribution in [-0.4, -0.2) is 28.8 Å². The molecule has 0 bridgehead atoms. The summed E-state index contributed by atoms with van der Waals surface area (Å²) in [5, 5.41) is 14.3. The minimum atomic E-state index is -0.509. The van der Waals surface area contributed by atoms with Gasteiger partial charge in [-0.1, -0.05) is 17.7 Å². The summed E-state index contributed by atoms with van der Waals surface area (Å²) < 4.78 is 0. The maximum absolute atomic E-state index is 10.2. The largest absolute Gasteiger partial charge is 0.388 e. The van der Waals surface area contributed by atoms with Crippen LogP contribution in [0.5, 0.6) is 0 Å². The van der Waals surface area contributed by atoms with Crippen molar-refractivity contribution in [1.29, 1.82) is 0 Å². The third-order valence-electron chi connectivity index (χ3n) is 3.16. The molecule has 1 saturated heterocycles.